The molecule has 74 valence electrons. The summed E-state index contributed by atoms with van der Waals surface area (Å²) < 4.78 is 0. The molecular weight excluding hydrogens is 194 g/mol. The summed E-state index contributed by atoms with van der Waals surface area (Å²) in [6.45, 7) is 2.44. The molecule has 1 N–H and O–H groups in total. The summed E-state index contributed by atoms with van der Waals surface area (Å²) in [5.41, 5.74) is 1.47. The van der Waals surface area contributed by atoms with Crippen LogP contribution >= 0.6 is 11.6 Å². The van der Waals surface area contributed by atoms with Gasteiger partial charge in [0.2, 0.25) is 0 Å². The molecule has 0 unspecified atom stereocenters. The quantitative estimate of drug-likeness (QED) is 0.747. The van der Waals surface area contributed by atoms with E-state index in [2.05, 4.69) is 17.4 Å². The first kappa shape index (κ1) is 8.75. The lowest BCUT2D eigenvalue weighted by Crippen LogP contribution is -2.33. The van der Waals surface area contributed by atoms with Gasteiger partial charge in [-0.3, -0.25) is 0 Å². The van der Waals surface area contributed by atoms with Crippen molar-refractivity contribution < 1.29 is 0 Å². The highest BCUT2D eigenvalue weighted by Gasteiger charge is 2.44. The van der Waals surface area contributed by atoms with E-state index in [9.17, 15) is 0 Å². The zero-order valence-electron chi connectivity index (χ0n) is 8.04. The Hall–Kier alpha value is -0.530. The van der Waals surface area contributed by atoms with E-state index in [0.717, 1.165) is 22.8 Å². The fourth-order valence-electron chi connectivity index (χ4n) is 2.88. The lowest BCUT2D eigenvalue weighted by atomic mass is 9.64. The van der Waals surface area contributed by atoms with E-state index in [1.807, 2.05) is 12.1 Å². The maximum atomic E-state index is 5.88. The number of benzene rings is 1. The van der Waals surface area contributed by atoms with Gasteiger partial charge in [0.1, 0.15) is 0 Å². The van der Waals surface area contributed by atoms with Gasteiger partial charge in [0.15, 0.2) is 0 Å². The van der Waals surface area contributed by atoms with Gasteiger partial charge < -0.3 is 5.32 Å². The average Bonchev–Trinajstić information content (AvgIpc) is 2.52. The van der Waals surface area contributed by atoms with E-state index in [0.29, 0.717) is 0 Å². The second-order valence-corrected chi connectivity index (χ2v) is 4.91. The fraction of sp³-hybridized carbons (Fsp3) is 0.500. The highest BCUT2D eigenvalue weighted by atomic mass is 35.5. The van der Waals surface area contributed by atoms with E-state index in [-0.39, 0.29) is 0 Å². The van der Waals surface area contributed by atoms with Crippen molar-refractivity contribution in [3.8, 4) is 0 Å². The highest BCUT2D eigenvalue weighted by Crippen LogP contribution is 2.48. The van der Waals surface area contributed by atoms with Crippen molar-refractivity contribution in [1.29, 1.82) is 0 Å². The van der Waals surface area contributed by atoms with Crippen LogP contribution in [0.1, 0.15) is 17.9 Å². The van der Waals surface area contributed by atoms with Crippen molar-refractivity contribution >= 4 is 11.6 Å². The minimum Gasteiger partial charge on any atom is -0.316 e. The predicted octanol–water partition coefficient (Wildman–Crippen LogP) is 2.66. The number of nitrogens with one attached hydrogen (secondary N) is 1. The first-order valence-corrected chi connectivity index (χ1v) is 5.68. The van der Waals surface area contributed by atoms with Gasteiger partial charge in [-0.2, -0.15) is 0 Å². The largest absolute Gasteiger partial charge is 0.316 e. The van der Waals surface area contributed by atoms with E-state index in [4.69, 9.17) is 11.6 Å². The third-order valence-electron chi connectivity index (χ3n) is 3.76. The van der Waals surface area contributed by atoms with Crippen molar-refractivity contribution in [2.45, 2.75) is 12.3 Å². The molecule has 1 aromatic rings. The number of halogens is 1. The maximum absolute atomic E-state index is 5.88. The molecule has 0 amide bonds. The van der Waals surface area contributed by atoms with Crippen LogP contribution in [0.25, 0.3) is 0 Å². The molecule has 1 aromatic carbocycles. The molecule has 3 atom stereocenters. The molecule has 0 radical (unpaired) electrons. The van der Waals surface area contributed by atoms with Crippen molar-refractivity contribution in [3.05, 3.63) is 34.9 Å². The molecule has 0 aromatic heterocycles. The molecule has 14 heavy (non-hydrogen) atoms. The number of fused-ring (bicyclic) bond motifs is 1. The van der Waals surface area contributed by atoms with Crippen LogP contribution in [0.4, 0.5) is 0 Å². The molecule has 1 aliphatic carbocycles. The zero-order valence-corrected chi connectivity index (χ0v) is 8.80. The van der Waals surface area contributed by atoms with Crippen LogP contribution in [0, 0.1) is 11.8 Å². The Morgan fingerprint density at radius 2 is 1.93 bits per heavy atom. The molecule has 2 heteroatoms. The maximum Gasteiger partial charge on any atom is 0.0406 e. The fourth-order valence-corrected chi connectivity index (χ4v) is 3.01. The van der Waals surface area contributed by atoms with Crippen LogP contribution < -0.4 is 5.32 Å². The Labute approximate surface area is 89.5 Å². The van der Waals surface area contributed by atoms with Crippen LogP contribution in [0.2, 0.25) is 5.02 Å². The third-order valence-corrected chi connectivity index (χ3v) is 4.02. The van der Waals surface area contributed by atoms with Gasteiger partial charge in [-0.1, -0.05) is 23.7 Å². The minimum atomic E-state index is 0.785. The van der Waals surface area contributed by atoms with Crippen LogP contribution in [0.15, 0.2) is 24.3 Å². The Morgan fingerprint density at radius 1 is 1.14 bits per heavy atom. The lowest BCUT2D eigenvalue weighted by molar-refractivity contribution is 0.191. The second kappa shape index (κ2) is 3.25. The highest BCUT2D eigenvalue weighted by molar-refractivity contribution is 6.30. The Balaban J connectivity index is 1.80. The van der Waals surface area contributed by atoms with Crippen LogP contribution in [-0.2, 0) is 0 Å². The number of hydrogen-bond acceptors (Lipinski definition) is 1. The summed E-state index contributed by atoms with van der Waals surface area (Å²) in [7, 11) is 0. The second-order valence-electron chi connectivity index (χ2n) is 4.48. The molecule has 1 saturated heterocycles. The van der Waals surface area contributed by atoms with E-state index >= 15 is 0 Å². The standard InChI is InChI=1S/C12H14ClN/c13-10-3-1-8(2-4-10)11-5-9-6-14-7-12(9)11/h1-4,9,11-12,14H,5-7H2/t9-,11+,12-/m1/s1. The molecular formula is C12H14ClN. The molecule has 3 rings (SSSR count). The minimum absolute atomic E-state index is 0.785. The van der Waals surface area contributed by atoms with E-state index in [1.54, 1.807) is 0 Å². The summed E-state index contributed by atoms with van der Waals surface area (Å²) in [6, 6.07) is 8.38. The Bertz CT molecular complexity index is 333. The SMILES string of the molecule is Clc1ccc([C@@H]2C[C@@H]3CNC[C@H]32)cc1. The summed E-state index contributed by atoms with van der Waals surface area (Å²) in [5.74, 6) is 2.61. The monoisotopic (exact) mass is 207 g/mol. The van der Waals surface area contributed by atoms with Crippen LogP contribution in [-0.4, -0.2) is 13.1 Å². The van der Waals surface area contributed by atoms with Gasteiger partial charge in [0.25, 0.3) is 0 Å². The van der Waals surface area contributed by atoms with Gasteiger partial charge in [0.05, 0.1) is 0 Å². The predicted molar refractivity (Wildman–Crippen MR) is 58.7 cm³/mol. The van der Waals surface area contributed by atoms with Crippen molar-refractivity contribution in [2.75, 3.05) is 13.1 Å². The topological polar surface area (TPSA) is 12.0 Å². The summed E-state index contributed by atoms with van der Waals surface area (Å²) in [4.78, 5) is 0. The van der Waals surface area contributed by atoms with Gasteiger partial charge in [-0.15, -0.1) is 0 Å². The molecule has 1 aliphatic heterocycles. The van der Waals surface area contributed by atoms with Gasteiger partial charge >= 0.3 is 0 Å². The molecule has 2 aliphatic rings. The molecule has 1 saturated carbocycles. The molecule has 1 heterocycles. The first-order valence-electron chi connectivity index (χ1n) is 5.31. The Morgan fingerprint density at radius 3 is 2.64 bits per heavy atom. The molecule has 1 nitrogen and oxygen atoms in total. The summed E-state index contributed by atoms with van der Waals surface area (Å²) in [6.07, 6.45) is 1.36. The van der Waals surface area contributed by atoms with Crippen molar-refractivity contribution in [3.63, 3.8) is 0 Å². The smallest absolute Gasteiger partial charge is 0.0406 e. The van der Waals surface area contributed by atoms with E-state index in [1.165, 1.54) is 25.1 Å². The Kier molecular flexibility index (Phi) is 2.03. The van der Waals surface area contributed by atoms with Crippen LogP contribution in [0.5, 0.6) is 0 Å². The summed E-state index contributed by atoms with van der Waals surface area (Å²) in [5, 5.41) is 4.31. The first-order chi connectivity index (χ1) is 6.84. The normalized spacial score (nSPS) is 35.1. The van der Waals surface area contributed by atoms with Gasteiger partial charge in [-0.25, -0.2) is 0 Å². The summed E-state index contributed by atoms with van der Waals surface area (Å²) >= 11 is 5.88. The molecule has 0 bridgehead atoms. The van der Waals surface area contributed by atoms with Crippen molar-refractivity contribution in [1.82, 2.24) is 5.32 Å². The van der Waals surface area contributed by atoms with Crippen LogP contribution in [0.3, 0.4) is 0 Å². The zero-order chi connectivity index (χ0) is 9.54. The van der Waals surface area contributed by atoms with E-state index < -0.39 is 0 Å². The van der Waals surface area contributed by atoms with Gasteiger partial charge in [-0.05, 0) is 55.0 Å². The molecule has 0 spiro atoms. The number of hydrogen-bond donors (Lipinski definition) is 1. The lowest BCUT2D eigenvalue weighted by Gasteiger charge is -2.40. The van der Waals surface area contributed by atoms with Crippen molar-refractivity contribution in [2.24, 2.45) is 11.8 Å². The number of rotatable bonds is 1. The third kappa shape index (κ3) is 1.27. The molecule has 2 fully saturated rings. The van der Waals surface area contributed by atoms with Gasteiger partial charge in [0, 0.05) is 5.02 Å². The average molecular weight is 208 g/mol.